The zero-order valence-corrected chi connectivity index (χ0v) is 34.6. The van der Waals surface area contributed by atoms with Crippen molar-refractivity contribution in [1.82, 2.24) is 0 Å². The summed E-state index contributed by atoms with van der Waals surface area (Å²) in [5.41, 5.74) is -0.359. The van der Waals surface area contributed by atoms with Gasteiger partial charge in [0.25, 0.3) is 0 Å². The number of hydrogen-bond donors (Lipinski definition) is 3. The third kappa shape index (κ3) is 9.03. The molecule has 5 aliphatic rings. The van der Waals surface area contributed by atoms with Crippen molar-refractivity contribution in [3.05, 3.63) is 12.2 Å². The summed E-state index contributed by atoms with van der Waals surface area (Å²) in [6.45, 7) is 8.41. The minimum absolute atomic E-state index is 0. The average Bonchev–Trinajstić information content (AvgIpc) is 3.12. The second kappa shape index (κ2) is 16.5. The van der Waals surface area contributed by atoms with Crippen LogP contribution in [-0.4, -0.2) is 103 Å². The van der Waals surface area contributed by atoms with Gasteiger partial charge in [-0.15, -0.1) is 0 Å². The molecule has 16 nitrogen and oxygen atoms in total. The monoisotopic (exact) mass is 770 g/mol. The molecule has 274 valence electrons. The smallest absolute Gasteiger partial charge is 0.726 e. The van der Waals surface area contributed by atoms with E-state index in [1.807, 2.05) is 6.92 Å². The molecule has 50 heavy (non-hydrogen) atoms. The number of fused-ring (bicyclic) bond motifs is 3. The Labute approximate surface area is 336 Å². The Bertz CT molecular complexity index is 1490. The topological polar surface area (TPSA) is 255 Å². The summed E-state index contributed by atoms with van der Waals surface area (Å²) in [5.74, 6) is -3.38. The average molecular weight is 771 g/mol. The number of carbonyl (C=O) groups is 2. The van der Waals surface area contributed by atoms with Crippen LogP contribution in [0, 0.1) is 40.4 Å². The minimum atomic E-state index is -5.69. The Morgan fingerprint density at radius 1 is 1.02 bits per heavy atom. The molecule has 1 spiro atoms. The Hall–Kier alpha value is 0.260. The molecule has 5 fully saturated rings. The summed E-state index contributed by atoms with van der Waals surface area (Å²) >= 11 is 0. The van der Waals surface area contributed by atoms with Crippen LogP contribution in [0.4, 0.5) is 0 Å². The Morgan fingerprint density at radius 3 is 2.20 bits per heavy atom. The molecule has 1 unspecified atom stereocenters. The summed E-state index contributed by atoms with van der Waals surface area (Å²) in [5, 5.41) is 31.9. The van der Waals surface area contributed by atoms with E-state index in [1.165, 1.54) is 0 Å². The molecule has 2 bridgehead atoms. The van der Waals surface area contributed by atoms with Crippen LogP contribution in [0.3, 0.4) is 0 Å². The van der Waals surface area contributed by atoms with Crippen molar-refractivity contribution < 1.29 is 133 Å². The van der Waals surface area contributed by atoms with Crippen molar-refractivity contribution >= 4 is 32.7 Å². The number of rotatable bonds is 11. The maximum atomic E-state index is 12.9. The van der Waals surface area contributed by atoms with Crippen LogP contribution in [0.25, 0.3) is 0 Å². The summed E-state index contributed by atoms with van der Waals surface area (Å²) in [4.78, 5) is 25.6. The molecule has 1 aliphatic heterocycles. The van der Waals surface area contributed by atoms with E-state index >= 15 is 0 Å². The van der Waals surface area contributed by atoms with Gasteiger partial charge < -0.3 is 38.6 Å². The van der Waals surface area contributed by atoms with Crippen molar-refractivity contribution in [2.75, 3.05) is 6.61 Å². The molecule has 3 N–H and O–H groups in total. The van der Waals surface area contributed by atoms with Crippen LogP contribution in [0.15, 0.2) is 12.2 Å². The summed E-state index contributed by atoms with van der Waals surface area (Å²) in [7, 11) is -11.3. The number of carbonyl (C=O) groups excluding carboxylic acids is 1. The summed E-state index contributed by atoms with van der Waals surface area (Å²) in [6.07, 6.45) is -8.49. The van der Waals surface area contributed by atoms with Crippen molar-refractivity contribution in [1.29, 1.82) is 0 Å². The van der Waals surface area contributed by atoms with Crippen LogP contribution >= 0.6 is 0 Å². The second-order valence-corrected chi connectivity index (χ2v) is 16.8. The van der Waals surface area contributed by atoms with Gasteiger partial charge in [0.05, 0.1) is 24.7 Å². The van der Waals surface area contributed by atoms with Crippen molar-refractivity contribution in [3.8, 4) is 0 Å². The third-order valence-corrected chi connectivity index (χ3v) is 12.4. The first kappa shape index (κ1) is 44.7. The van der Waals surface area contributed by atoms with Gasteiger partial charge in [-0.3, -0.25) is 18.0 Å². The zero-order valence-electron chi connectivity index (χ0n) is 29.0. The molecule has 0 aromatic heterocycles. The first-order valence-corrected chi connectivity index (χ1v) is 18.8. The normalized spacial score (nSPS) is 41.3. The van der Waals surface area contributed by atoms with Gasteiger partial charge >= 0.3 is 71.1 Å². The number of aliphatic carboxylic acids is 1. The fraction of sp³-hybridized carbons (Fsp3) is 0.867. The molecular formula is C30H44Na2O16S2. The molecule has 1 saturated heterocycles. The largest absolute Gasteiger partial charge is 1.00 e. The van der Waals surface area contributed by atoms with Gasteiger partial charge in [0.1, 0.15) is 18.3 Å². The van der Waals surface area contributed by atoms with Gasteiger partial charge in [0.15, 0.2) is 12.4 Å². The van der Waals surface area contributed by atoms with Gasteiger partial charge in [-0.25, -0.2) is 16.8 Å². The van der Waals surface area contributed by atoms with Crippen LogP contribution in [-0.2, 0) is 53.0 Å². The van der Waals surface area contributed by atoms with E-state index in [9.17, 15) is 50.8 Å². The molecule has 0 aromatic rings. The fourth-order valence-corrected chi connectivity index (χ4v) is 10.8. The second-order valence-electron chi connectivity index (χ2n) is 14.8. The van der Waals surface area contributed by atoms with Gasteiger partial charge in [0.2, 0.25) is 20.8 Å². The van der Waals surface area contributed by atoms with Crippen LogP contribution in [0.2, 0.25) is 0 Å². The van der Waals surface area contributed by atoms with Gasteiger partial charge in [-0.2, -0.15) is 0 Å². The molecule has 1 heterocycles. The van der Waals surface area contributed by atoms with E-state index in [0.717, 1.165) is 24.8 Å². The Kier molecular flexibility index (Phi) is 14.8. The zero-order chi connectivity index (χ0) is 35.6. The molecule has 0 radical (unpaired) electrons. The summed E-state index contributed by atoms with van der Waals surface area (Å²) < 4.78 is 96.9. The Morgan fingerprint density at radius 2 is 1.64 bits per heavy atom. The number of aliphatic hydroxyl groups excluding tert-OH is 2. The molecule has 20 heteroatoms. The Balaban J connectivity index is 0.00000338. The quantitative estimate of drug-likeness (QED) is 0.0444. The standard InChI is InChI=1S/C30H46O16S2.2Na/c1-14(2)9-22(32)44-25-24(46-48(39,40)41)23(45-47(36,37)38)20(13-31)43-28(25)42-17-10-18(27(34)35)19-7-8-30-11-16(15(3)26(30)33)5-6-21(30)29(19,4)12-17;;/h14,16-21,23-26,28,31,33H,3,5-13H2,1-2,4H3,(H,34,35)(H,36,37,38)(H,39,40,41);;/q;2*+1/p-2/t16-,17-,18-,19-,20-,21+,23-,24+,25-,26-,28-,29-,30?;;/m1../s1. The number of carboxylic acids is 1. The summed E-state index contributed by atoms with van der Waals surface area (Å²) in [6, 6.07) is 0. The molecule has 4 saturated carbocycles. The van der Waals surface area contributed by atoms with Gasteiger partial charge in [0, 0.05) is 11.8 Å². The SMILES string of the molecule is C=C1[C@@H]2CC[C@@H]3C(CC[C@@H]4[C@H](C(=O)O)C[C@@H](O[C@@H]5O[C@H](CO)[C@@H](OS(=O)(=O)[O-])[C@H](OS(=O)(=O)[O-])[C@H]5OC(=O)CC(C)C)C[C@]43C)(C2)[C@@H]1O.[Na+].[Na+]. The van der Waals surface area contributed by atoms with Crippen molar-refractivity contribution in [2.45, 2.75) is 115 Å². The van der Waals surface area contributed by atoms with E-state index in [-0.39, 0.29) is 102 Å². The predicted molar refractivity (Wildman–Crippen MR) is 159 cm³/mol. The van der Waals surface area contributed by atoms with Crippen LogP contribution < -0.4 is 59.1 Å². The van der Waals surface area contributed by atoms with Crippen LogP contribution in [0.1, 0.15) is 72.1 Å². The molecule has 0 aromatic carbocycles. The maximum Gasteiger partial charge on any atom is 1.00 e. The number of hydrogen-bond acceptors (Lipinski definition) is 15. The third-order valence-electron chi connectivity index (χ3n) is 11.5. The van der Waals surface area contributed by atoms with E-state index in [2.05, 4.69) is 14.9 Å². The van der Waals surface area contributed by atoms with Gasteiger partial charge in [-0.05, 0) is 79.6 Å². The molecular weight excluding hydrogens is 726 g/mol. The molecule has 5 rings (SSSR count). The molecule has 0 amide bonds. The van der Waals surface area contributed by atoms with Crippen molar-refractivity contribution in [2.24, 2.45) is 40.4 Å². The van der Waals surface area contributed by atoms with E-state index < -0.39 is 99.0 Å². The van der Waals surface area contributed by atoms with E-state index in [4.69, 9.17) is 14.2 Å². The first-order chi connectivity index (χ1) is 22.2. The van der Waals surface area contributed by atoms with E-state index in [1.54, 1.807) is 13.8 Å². The number of aliphatic hydroxyl groups is 2. The molecule has 4 aliphatic carbocycles. The first-order valence-electron chi connectivity index (χ1n) is 16.2. The predicted octanol–water partition coefficient (Wildman–Crippen LogP) is -5.01. The maximum absolute atomic E-state index is 12.9. The molecule has 13 atom stereocenters. The number of ether oxygens (including phenoxy) is 3. The fourth-order valence-electron chi connectivity index (χ4n) is 9.81. The van der Waals surface area contributed by atoms with E-state index in [0.29, 0.717) is 12.8 Å². The minimum Gasteiger partial charge on any atom is -0.726 e. The van der Waals surface area contributed by atoms with Crippen molar-refractivity contribution in [3.63, 3.8) is 0 Å². The number of carboxylic acid groups (broad SMARTS) is 1. The van der Waals surface area contributed by atoms with Crippen LogP contribution in [0.5, 0.6) is 0 Å². The number of esters is 1. The van der Waals surface area contributed by atoms with Gasteiger partial charge in [-0.1, -0.05) is 27.4 Å².